The second-order valence-electron chi connectivity index (χ2n) is 1.64. The van der Waals surface area contributed by atoms with Gasteiger partial charge in [0.2, 0.25) is 0 Å². The first-order chi connectivity index (χ1) is 3.83. The van der Waals surface area contributed by atoms with E-state index in [-0.39, 0.29) is 0 Å². The van der Waals surface area contributed by atoms with Crippen molar-refractivity contribution >= 4 is 29.3 Å². The minimum atomic E-state index is 0.338. The zero-order valence-corrected chi connectivity index (χ0v) is 6.18. The molecule has 1 unspecified atom stereocenters. The molecule has 8 heavy (non-hydrogen) atoms. The van der Waals surface area contributed by atoms with Gasteiger partial charge in [-0.15, -0.1) is 11.8 Å². The van der Waals surface area contributed by atoms with Crippen LogP contribution in [0.4, 0.5) is 0 Å². The van der Waals surface area contributed by atoms with Gasteiger partial charge in [-0.1, -0.05) is 12.2 Å². The molecule has 0 fully saturated rings. The van der Waals surface area contributed by atoms with Crippen LogP contribution in [0.2, 0.25) is 0 Å². The van der Waals surface area contributed by atoms with Crippen LogP contribution >= 0.6 is 24.0 Å². The minimum absolute atomic E-state index is 0.338. The minimum Gasteiger partial charge on any atom is -0.372 e. The number of rotatable bonds is 1. The maximum absolute atomic E-state index is 4.72. The predicted octanol–water partition coefficient (Wildman–Crippen LogP) is 1.51. The standard InChI is InChI=1S/C5H7NS2/c1-4-3-8-5(2-7)6-4/h2-3,5-6H,1H3. The third-order valence-electron chi connectivity index (χ3n) is 0.885. The van der Waals surface area contributed by atoms with Gasteiger partial charge in [0.05, 0.1) is 0 Å². The molecule has 0 amide bonds. The molecule has 0 aromatic heterocycles. The number of hydrogen-bond donors (Lipinski definition) is 1. The van der Waals surface area contributed by atoms with Gasteiger partial charge in [-0.25, -0.2) is 0 Å². The van der Waals surface area contributed by atoms with E-state index in [1.54, 1.807) is 17.1 Å². The predicted molar refractivity (Wildman–Crippen MR) is 41.9 cm³/mol. The van der Waals surface area contributed by atoms with Crippen LogP contribution in [0.3, 0.4) is 0 Å². The Labute approximate surface area is 58.5 Å². The van der Waals surface area contributed by atoms with E-state index in [9.17, 15) is 0 Å². The molecule has 0 saturated carbocycles. The molecule has 0 aromatic rings. The van der Waals surface area contributed by atoms with Gasteiger partial charge in [-0.05, 0) is 12.3 Å². The maximum Gasteiger partial charge on any atom is 0.105 e. The third-order valence-corrected chi connectivity index (χ3v) is 2.37. The molecule has 0 aromatic carbocycles. The summed E-state index contributed by atoms with van der Waals surface area (Å²) in [6.45, 7) is 2.03. The highest BCUT2D eigenvalue weighted by atomic mass is 32.2. The zero-order chi connectivity index (χ0) is 5.98. The van der Waals surface area contributed by atoms with Crippen molar-refractivity contribution < 1.29 is 0 Å². The Morgan fingerprint density at radius 1 is 2.00 bits per heavy atom. The highest BCUT2D eigenvalue weighted by Gasteiger charge is 2.08. The summed E-state index contributed by atoms with van der Waals surface area (Å²) < 4.78 is 0. The number of hydrogen-bond acceptors (Lipinski definition) is 3. The van der Waals surface area contributed by atoms with Crippen molar-refractivity contribution in [2.24, 2.45) is 0 Å². The molecule has 1 nitrogen and oxygen atoms in total. The fraction of sp³-hybridized carbons (Fsp3) is 0.400. The van der Waals surface area contributed by atoms with Gasteiger partial charge in [-0.3, -0.25) is 0 Å². The van der Waals surface area contributed by atoms with Crippen molar-refractivity contribution in [3.8, 4) is 0 Å². The van der Waals surface area contributed by atoms with E-state index in [1.165, 1.54) is 5.70 Å². The van der Waals surface area contributed by atoms with Crippen LogP contribution in [0, 0.1) is 0 Å². The van der Waals surface area contributed by atoms with Gasteiger partial charge in [0, 0.05) is 11.1 Å². The molecule has 3 heteroatoms. The lowest BCUT2D eigenvalue weighted by atomic mass is 10.5. The first-order valence-electron chi connectivity index (χ1n) is 2.37. The lowest BCUT2D eigenvalue weighted by molar-refractivity contribution is 0.923. The molecule has 1 rings (SSSR count). The summed E-state index contributed by atoms with van der Waals surface area (Å²) in [5, 5.41) is 7.32. The molecule has 0 spiro atoms. The number of thiocarbonyl (C=S) groups is 1. The molecule has 1 N–H and O–H groups in total. The van der Waals surface area contributed by atoms with Crippen LogP contribution in [0.15, 0.2) is 11.1 Å². The fourth-order valence-electron chi connectivity index (χ4n) is 0.534. The number of allylic oxidation sites excluding steroid dienone is 1. The number of nitrogens with one attached hydrogen (secondary N) is 1. The molecule has 44 valence electrons. The average molecular weight is 145 g/mol. The van der Waals surface area contributed by atoms with Crippen LogP contribution in [-0.4, -0.2) is 10.7 Å². The monoisotopic (exact) mass is 145 g/mol. The summed E-state index contributed by atoms with van der Waals surface area (Å²) >= 11 is 6.44. The molecular formula is C5H7NS2. The zero-order valence-electron chi connectivity index (χ0n) is 4.55. The average Bonchev–Trinajstić information content (AvgIpc) is 2.14. The summed E-state index contributed by atoms with van der Waals surface area (Å²) in [6.07, 6.45) is 0. The van der Waals surface area contributed by atoms with Crippen molar-refractivity contribution in [2.75, 3.05) is 0 Å². The second kappa shape index (κ2) is 2.51. The molecule has 1 heterocycles. The number of thioether (sulfide) groups is 1. The summed E-state index contributed by atoms with van der Waals surface area (Å²) in [5.41, 5.74) is 1.21. The summed E-state index contributed by atoms with van der Waals surface area (Å²) in [4.78, 5) is 0. The lowest BCUT2D eigenvalue weighted by Gasteiger charge is -2.01. The van der Waals surface area contributed by atoms with Crippen LogP contribution in [0.1, 0.15) is 6.92 Å². The summed E-state index contributed by atoms with van der Waals surface area (Å²) in [6, 6.07) is 0. The molecular weight excluding hydrogens is 138 g/mol. The van der Waals surface area contributed by atoms with Crippen LogP contribution < -0.4 is 5.32 Å². The summed E-state index contributed by atoms with van der Waals surface area (Å²) in [7, 11) is 0. The largest absolute Gasteiger partial charge is 0.372 e. The Morgan fingerprint density at radius 3 is 3.00 bits per heavy atom. The van der Waals surface area contributed by atoms with Crippen molar-refractivity contribution in [1.29, 1.82) is 0 Å². The van der Waals surface area contributed by atoms with Crippen molar-refractivity contribution in [2.45, 2.75) is 12.3 Å². The SMILES string of the molecule is CC1=CSC(C=S)N1. The Kier molecular flexibility index (Phi) is 1.91. The first-order valence-corrected chi connectivity index (χ1v) is 3.78. The van der Waals surface area contributed by atoms with E-state index < -0.39 is 0 Å². The highest BCUT2D eigenvalue weighted by molar-refractivity contribution is 8.04. The van der Waals surface area contributed by atoms with E-state index in [4.69, 9.17) is 12.2 Å². The topological polar surface area (TPSA) is 12.0 Å². The van der Waals surface area contributed by atoms with E-state index in [0.717, 1.165) is 0 Å². The van der Waals surface area contributed by atoms with E-state index in [2.05, 4.69) is 10.7 Å². The molecule has 1 aliphatic rings. The molecule has 0 saturated heterocycles. The molecule has 0 radical (unpaired) electrons. The second-order valence-corrected chi connectivity index (χ2v) is 2.93. The van der Waals surface area contributed by atoms with Gasteiger partial charge in [0.25, 0.3) is 0 Å². The van der Waals surface area contributed by atoms with Gasteiger partial charge in [0.15, 0.2) is 0 Å². The van der Waals surface area contributed by atoms with Gasteiger partial charge >= 0.3 is 0 Å². The normalized spacial score (nSPS) is 26.6. The van der Waals surface area contributed by atoms with Gasteiger partial charge in [-0.2, -0.15) is 0 Å². The molecule has 0 bridgehead atoms. The van der Waals surface area contributed by atoms with Crippen molar-refractivity contribution in [3.63, 3.8) is 0 Å². The molecule has 1 aliphatic heterocycles. The van der Waals surface area contributed by atoms with Crippen molar-refractivity contribution in [1.82, 2.24) is 5.32 Å². The quantitative estimate of drug-likeness (QED) is 0.562. The van der Waals surface area contributed by atoms with Gasteiger partial charge in [0.1, 0.15) is 5.37 Å². The Balaban J connectivity index is 2.43. The van der Waals surface area contributed by atoms with E-state index >= 15 is 0 Å². The smallest absolute Gasteiger partial charge is 0.105 e. The van der Waals surface area contributed by atoms with Crippen LogP contribution in [0.25, 0.3) is 0 Å². The Morgan fingerprint density at radius 2 is 2.75 bits per heavy atom. The maximum atomic E-state index is 4.72. The van der Waals surface area contributed by atoms with E-state index in [0.29, 0.717) is 5.37 Å². The van der Waals surface area contributed by atoms with Gasteiger partial charge < -0.3 is 5.32 Å². The lowest BCUT2D eigenvalue weighted by Crippen LogP contribution is -2.18. The summed E-state index contributed by atoms with van der Waals surface area (Å²) in [5.74, 6) is 0. The van der Waals surface area contributed by atoms with Crippen molar-refractivity contribution in [3.05, 3.63) is 11.1 Å². The van der Waals surface area contributed by atoms with E-state index in [1.807, 2.05) is 6.92 Å². The van der Waals surface area contributed by atoms with Crippen LogP contribution in [-0.2, 0) is 0 Å². The van der Waals surface area contributed by atoms with Crippen LogP contribution in [0.5, 0.6) is 0 Å². The Bertz CT molecular complexity index is 130. The molecule has 0 aliphatic carbocycles. The fourth-order valence-corrected chi connectivity index (χ4v) is 1.53. The highest BCUT2D eigenvalue weighted by Crippen LogP contribution is 2.18. The Hall–Kier alpha value is -0.0200. The molecule has 1 atom stereocenters. The first kappa shape index (κ1) is 6.11. The third kappa shape index (κ3) is 1.23.